The van der Waals surface area contributed by atoms with E-state index in [1.165, 1.54) is 66.3 Å². The number of carbonyl (C=O) groups excluding carboxylic acids is 1. The Hall–Kier alpha value is -1.87. The first-order chi connectivity index (χ1) is 15.2. The zero-order valence-electron chi connectivity index (χ0n) is 20.7. The van der Waals surface area contributed by atoms with E-state index in [4.69, 9.17) is 4.43 Å². The fourth-order valence-electron chi connectivity index (χ4n) is 8.11. The molecule has 0 saturated heterocycles. The predicted octanol–water partition coefficient (Wildman–Crippen LogP) is 6.21. The molecule has 6 rings (SSSR count). The highest BCUT2D eigenvalue weighted by Crippen LogP contribution is 2.64. The second kappa shape index (κ2) is 7.58. The molecule has 4 saturated carbocycles. The summed E-state index contributed by atoms with van der Waals surface area (Å²) in [6.07, 6.45) is 9.30. The lowest BCUT2D eigenvalue weighted by Gasteiger charge is -2.58. The predicted molar refractivity (Wildman–Crippen MR) is 136 cm³/mol. The van der Waals surface area contributed by atoms with Gasteiger partial charge in [-0.3, -0.25) is 4.79 Å². The molecule has 0 N–H and O–H groups in total. The Morgan fingerprint density at radius 3 is 1.91 bits per heavy atom. The van der Waals surface area contributed by atoms with Gasteiger partial charge in [-0.2, -0.15) is 0 Å². The number of aldehydes is 1. The molecule has 0 aromatic heterocycles. The molecule has 2 nitrogen and oxygen atoms in total. The lowest BCUT2D eigenvalue weighted by atomic mass is 9.46. The topological polar surface area (TPSA) is 26.3 Å². The zero-order chi connectivity index (χ0) is 22.8. The first-order valence-corrected chi connectivity index (χ1v) is 13.3. The molecule has 4 aliphatic carbocycles. The van der Waals surface area contributed by atoms with E-state index in [2.05, 4.69) is 46.8 Å². The minimum Gasteiger partial charge on any atom is -0.553 e. The summed E-state index contributed by atoms with van der Waals surface area (Å²) in [6.45, 7) is 11.7. The molecule has 32 heavy (non-hydrogen) atoms. The van der Waals surface area contributed by atoms with Crippen molar-refractivity contribution in [3.63, 3.8) is 0 Å². The van der Waals surface area contributed by atoms with Crippen LogP contribution in [0.3, 0.4) is 0 Å². The fraction of sp³-hybridized carbons (Fsp3) is 0.552. The van der Waals surface area contributed by atoms with Gasteiger partial charge in [-0.15, -0.1) is 0 Å². The van der Waals surface area contributed by atoms with E-state index in [1.54, 1.807) is 5.56 Å². The van der Waals surface area contributed by atoms with Crippen molar-refractivity contribution >= 4 is 16.8 Å². The molecule has 0 aliphatic heterocycles. The van der Waals surface area contributed by atoms with Gasteiger partial charge in [0.1, 0.15) is 12.0 Å². The van der Waals surface area contributed by atoms with Gasteiger partial charge in [-0.1, -0.05) is 45.0 Å². The lowest BCUT2D eigenvalue weighted by Crippen LogP contribution is -2.49. The maximum atomic E-state index is 11.2. The molecule has 0 spiro atoms. The molecule has 0 unspecified atom stereocenters. The molecule has 4 fully saturated rings. The van der Waals surface area contributed by atoms with Crippen molar-refractivity contribution in [2.24, 2.45) is 17.8 Å². The summed E-state index contributed by atoms with van der Waals surface area (Å²) in [5, 5.41) is 0. The van der Waals surface area contributed by atoms with E-state index < -0.39 is 0 Å². The summed E-state index contributed by atoms with van der Waals surface area (Å²) >= 11 is 0. The smallest absolute Gasteiger partial charge is 0.204 e. The minimum atomic E-state index is 0.0717. The van der Waals surface area contributed by atoms with E-state index in [1.807, 2.05) is 12.1 Å². The summed E-state index contributed by atoms with van der Waals surface area (Å²) in [5.74, 6) is 3.85. The first kappa shape index (κ1) is 21.9. The summed E-state index contributed by atoms with van der Waals surface area (Å²) in [7, 11) is 0.678. The Labute approximate surface area is 196 Å². The van der Waals surface area contributed by atoms with Gasteiger partial charge in [0.25, 0.3) is 0 Å². The van der Waals surface area contributed by atoms with Gasteiger partial charge in [0.15, 0.2) is 0 Å². The van der Waals surface area contributed by atoms with Crippen LogP contribution in [0.5, 0.6) is 5.75 Å². The van der Waals surface area contributed by atoms with Crippen LogP contribution in [0.1, 0.15) is 91.9 Å². The molecule has 2 aromatic rings. The van der Waals surface area contributed by atoms with E-state index in [9.17, 15) is 4.79 Å². The highest BCUT2D eigenvalue weighted by molar-refractivity contribution is 6.01. The molecule has 0 heterocycles. The maximum absolute atomic E-state index is 11.2. The number of rotatable bonds is 4. The third kappa shape index (κ3) is 3.31. The maximum Gasteiger partial charge on any atom is 0.204 e. The Kier molecular flexibility index (Phi) is 5.20. The molecule has 2 aromatic carbocycles. The molecule has 4 bridgehead atoms. The van der Waals surface area contributed by atoms with Gasteiger partial charge < -0.3 is 4.43 Å². The van der Waals surface area contributed by atoms with Crippen LogP contribution in [0.15, 0.2) is 24.3 Å². The summed E-state index contributed by atoms with van der Waals surface area (Å²) in [6, 6.07) is 8.09. The molecule has 0 amide bonds. The van der Waals surface area contributed by atoms with E-state index in [-0.39, 0.29) is 10.8 Å². The summed E-state index contributed by atoms with van der Waals surface area (Å²) < 4.78 is 6.52. The molecule has 0 radical (unpaired) electrons. The van der Waals surface area contributed by atoms with Crippen LogP contribution in [-0.2, 0) is 10.8 Å². The lowest BCUT2D eigenvalue weighted by molar-refractivity contribution is -0.00655. The van der Waals surface area contributed by atoms with Crippen LogP contribution in [-0.4, -0.2) is 16.8 Å². The van der Waals surface area contributed by atoms with Crippen molar-refractivity contribution in [1.29, 1.82) is 0 Å². The number of carbonyl (C=O) groups is 1. The van der Waals surface area contributed by atoms with Crippen LogP contribution in [0, 0.1) is 31.6 Å². The Morgan fingerprint density at radius 1 is 0.938 bits per heavy atom. The second-order valence-electron chi connectivity index (χ2n) is 12.1. The summed E-state index contributed by atoms with van der Waals surface area (Å²) in [4.78, 5) is 11.2. The molecule has 3 heteroatoms. The Balaban J connectivity index is 1.82. The third-order valence-electron chi connectivity index (χ3n) is 8.87. The number of benzene rings is 2. The van der Waals surface area contributed by atoms with Crippen molar-refractivity contribution in [2.75, 3.05) is 0 Å². The molecule has 4 aliphatic rings. The van der Waals surface area contributed by atoms with Gasteiger partial charge >= 0.3 is 0 Å². The van der Waals surface area contributed by atoms with Crippen LogP contribution in [0.2, 0.25) is 0 Å². The molecular formula is C29H38O2Si. The quantitative estimate of drug-likeness (QED) is 0.412. The number of hydrogen-bond donors (Lipinski definition) is 0. The average Bonchev–Trinajstić information content (AvgIpc) is 2.73. The highest BCUT2D eigenvalue weighted by Gasteiger charge is 2.54. The first-order valence-electron chi connectivity index (χ1n) is 12.4. The standard InChI is InChI=1S/C29H38O2Si/c1-17-18(2)25(28(3,4)5)26(29-13-20-10-21(14-29)12-22(11-20)15-29)27(31-32)24(17)23-8-6-19(16-30)7-9-23/h6-9,16,20-22H,10-15H2,1-5,32H3. The van der Waals surface area contributed by atoms with Crippen LogP contribution in [0.25, 0.3) is 11.1 Å². The van der Waals surface area contributed by atoms with Crippen LogP contribution >= 0.6 is 0 Å². The van der Waals surface area contributed by atoms with Gasteiger partial charge in [-0.25, -0.2) is 0 Å². The van der Waals surface area contributed by atoms with Gasteiger partial charge in [-0.05, 0) is 97.8 Å². The van der Waals surface area contributed by atoms with Crippen molar-refractivity contribution in [3.8, 4) is 16.9 Å². The molecule has 0 atom stereocenters. The second-order valence-corrected chi connectivity index (χ2v) is 12.5. The van der Waals surface area contributed by atoms with Crippen LogP contribution in [0.4, 0.5) is 0 Å². The third-order valence-corrected chi connectivity index (χ3v) is 9.28. The van der Waals surface area contributed by atoms with Crippen LogP contribution < -0.4 is 4.43 Å². The average molecular weight is 447 g/mol. The molecular weight excluding hydrogens is 408 g/mol. The Morgan fingerprint density at radius 2 is 1.47 bits per heavy atom. The van der Waals surface area contributed by atoms with E-state index in [0.29, 0.717) is 10.5 Å². The number of hydrogen-bond acceptors (Lipinski definition) is 2. The van der Waals surface area contributed by atoms with E-state index in [0.717, 1.165) is 35.4 Å². The SMILES string of the molecule is Cc1c(C)c(C(C)(C)C)c(C23CC4CC(CC(C4)C2)C3)c(O[SiH3])c1-c1ccc(C=O)cc1. The highest BCUT2D eigenvalue weighted by atomic mass is 28.2. The zero-order valence-corrected chi connectivity index (χ0v) is 22.7. The van der Waals surface area contributed by atoms with Gasteiger partial charge in [0.2, 0.25) is 10.5 Å². The monoisotopic (exact) mass is 446 g/mol. The molecule has 170 valence electrons. The van der Waals surface area contributed by atoms with Gasteiger partial charge in [0, 0.05) is 22.1 Å². The van der Waals surface area contributed by atoms with E-state index >= 15 is 0 Å². The fourth-order valence-corrected chi connectivity index (χ4v) is 8.52. The minimum absolute atomic E-state index is 0.0717. The normalized spacial score (nSPS) is 28.8. The Bertz CT molecular complexity index is 1020. The van der Waals surface area contributed by atoms with Crippen molar-refractivity contribution in [1.82, 2.24) is 0 Å². The van der Waals surface area contributed by atoms with Crippen molar-refractivity contribution in [3.05, 3.63) is 52.1 Å². The largest absolute Gasteiger partial charge is 0.553 e. The van der Waals surface area contributed by atoms with Gasteiger partial charge in [0.05, 0.1) is 0 Å². The van der Waals surface area contributed by atoms with Crippen molar-refractivity contribution in [2.45, 2.75) is 84.0 Å². The summed E-state index contributed by atoms with van der Waals surface area (Å²) in [5.41, 5.74) is 9.35. The van der Waals surface area contributed by atoms with Crippen molar-refractivity contribution < 1.29 is 9.22 Å².